The van der Waals surface area contributed by atoms with E-state index in [9.17, 15) is 19.2 Å². The quantitative estimate of drug-likeness (QED) is 0.0997. The topological polar surface area (TPSA) is 167 Å². The van der Waals surface area contributed by atoms with Crippen LogP contribution in [0.15, 0.2) is 60.8 Å². The molecular formula is C34H46N6O5. The number of cyclic esters (lactones) is 1. The smallest absolute Gasteiger partial charge is 0.308 e. The number of fused-ring (bicyclic) bond motifs is 1. The van der Waals surface area contributed by atoms with Gasteiger partial charge in [0, 0.05) is 48.4 Å². The second kappa shape index (κ2) is 16.7. The standard InChI is InChI=1S/C34H46N6O5/c1-22-29(20-33(43)45-22)39-31(41)18-25(12-8-9-15-35)38-34(44)30(17-24-21-37-28-14-7-6-13-27(24)28)40-32(42)19-26(36-2)16-23-10-4-3-5-11-23/h3-7,10-11,13-14,21-22,25-26,29-30,36-37H,8-9,12,15-20,35H2,1-2H3,(H,38,44)(H,39,41)(H,40,42)/t22-,25+,26+,29-,30-/m1/s1. The molecule has 0 radical (unpaired) electrons. The Morgan fingerprint density at radius 3 is 2.40 bits per heavy atom. The van der Waals surface area contributed by atoms with Crippen molar-refractivity contribution in [2.75, 3.05) is 13.6 Å². The number of amides is 3. The van der Waals surface area contributed by atoms with Gasteiger partial charge in [-0.15, -0.1) is 0 Å². The van der Waals surface area contributed by atoms with Gasteiger partial charge in [-0.2, -0.15) is 0 Å². The summed E-state index contributed by atoms with van der Waals surface area (Å²) in [5, 5.41) is 13.1. The molecular weight excluding hydrogens is 572 g/mol. The highest BCUT2D eigenvalue weighted by Gasteiger charge is 2.33. The van der Waals surface area contributed by atoms with Gasteiger partial charge in [-0.25, -0.2) is 0 Å². The minimum atomic E-state index is -0.869. The lowest BCUT2D eigenvalue weighted by molar-refractivity contribution is -0.141. The molecule has 242 valence electrons. The number of aromatic amines is 1. The molecule has 45 heavy (non-hydrogen) atoms. The lowest BCUT2D eigenvalue weighted by Gasteiger charge is -2.25. The number of rotatable bonds is 17. The van der Waals surface area contributed by atoms with Gasteiger partial charge < -0.3 is 36.7 Å². The Labute approximate surface area is 264 Å². The number of H-pyrrole nitrogens is 1. The van der Waals surface area contributed by atoms with Crippen LogP contribution >= 0.6 is 0 Å². The Bertz CT molecular complexity index is 1430. The third-order valence-corrected chi connectivity index (χ3v) is 8.32. The average Bonchev–Trinajstić information content (AvgIpc) is 3.57. The lowest BCUT2D eigenvalue weighted by Crippen LogP contribution is -2.52. The highest BCUT2D eigenvalue weighted by Crippen LogP contribution is 2.20. The first-order valence-corrected chi connectivity index (χ1v) is 15.8. The molecule has 2 heterocycles. The van der Waals surface area contributed by atoms with Gasteiger partial charge in [0.1, 0.15) is 12.1 Å². The molecule has 1 aromatic heterocycles. The minimum absolute atomic E-state index is 0.0282. The van der Waals surface area contributed by atoms with Crippen LogP contribution in [0.4, 0.5) is 0 Å². The normalized spacial score (nSPS) is 18.2. The van der Waals surface area contributed by atoms with Crippen LogP contribution in [0.1, 0.15) is 56.6 Å². The van der Waals surface area contributed by atoms with Gasteiger partial charge >= 0.3 is 5.97 Å². The molecule has 5 atom stereocenters. The molecule has 1 saturated heterocycles. The van der Waals surface area contributed by atoms with Gasteiger partial charge in [0.25, 0.3) is 0 Å². The van der Waals surface area contributed by atoms with Crippen LogP contribution in [0.2, 0.25) is 0 Å². The molecule has 3 aromatic rings. The molecule has 2 aromatic carbocycles. The second-order valence-corrected chi connectivity index (χ2v) is 11.8. The molecule has 11 nitrogen and oxygen atoms in total. The number of nitrogens with two attached hydrogens (primary N) is 1. The summed E-state index contributed by atoms with van der Waals surface area (Å²) < 4.78 is 5.16. The van der Waals surface area contributed by atoms with Gasteiger partial charge in [-0.3, -0.25) is 19.2 Å². The number of ether oxygens (including phenoxy) is 1. The predicted octanol–water partition coefficient (Wildman–Crippen LogP) is 2.24. The monoisotopic (exact) mass is 618 g/mol. The molecule has 11 heteroatoms. The number of hydrogen-bond donors (Lipinski definition) is 6. The first-order chi connectivity index (χ1) is 21.7. The Morgan fingerprint density at radius 2 is 1.69 bits per heavy atom. The van der Waals surface area contributed by atoms with E-state index in [1.54, 1.807) is 6.92 Å². The van der Waals surface area contributed by atoms with Crippen LogP contribution in [0.3, 0.4) is 0 Å². The van der Waals surface area contributed by atoms with Gasteiger partial charge in [0.2, 0.25) is 17.7 Å². The minimum Gasteiger partial charge on any atom is -0.460 e. The summed E-state index contributed by atoms with van der Waals surface area (Å²) >= 11 is 0. The van der Waals surface area contributed by atoms with Gasteiger partial charge in [-0.05, 0) is 57.0 Å². The number of aromatic nitrogens is 1. The Balaban J connectivity index is 1.47. The van der Waals surface area contributed by atoms with Crippen LogP contribution in [0, 0.1) is 0 Å². The van der Waals surface area contributed by atoms with E-state index < -0.39 is 24.2 Å². The summed E-state index contributed by atoms with van der Waals surface area (Å²) in [7, 11) is 1.82. The zero-order valence-corrected chi connectivity index (χ0v) is 26.1. The van der Waals surface area contributed by atoms with Crippen molar-refractivity contribution in [3.05, 3.63) is 71.9 Å². The fourth-order valence-corrected chi connectivity index (χ4v) is 5.78. The Hall–Kier alpha value is -4.22. The summed E-state index contributed by atoms with van der Waals surface area (Å²) in [6, 6.07) is 15.9. The summed E-state index contributed by atoms with van der Waals surface area (Å²) in [6.45, 7) is 2.24. The van der Waals surface area contributed by atoms with E-state index in [-0.39, 0.29) is 55.4 Å². The highest BCUT2D eigenvalue weighted by atomic mass is 16.6. The van der Waals surface area contributed by atoms with Gasteiger partial charge in [0.15, 0.2) is 0 Å². The van der Waals surface area contributed by atoms with Crippen molar-refractivity contribution in [1.82, 2.24) is 26.3 Å². The van der Waals surface area contributed by atoms with Crippen LogP contribution in [-0.4, -0.2) is 72.5 Å². The number of esters is 1. The molecule has 1 aliphatic heterocycles. The molecule has 0 saturated carbocycles. The van der Waals surface area contributed by atoms with Gasteiger partial charge in [0.05, 0.1) is 12.5 Å². The van der Waals surface area contributed by atoms with Crippen LogP contribution < -0.4 is 27.0 Å². The molecule has 0 aliphatic carbocycles. The maximum absolute atomic E-state index is 13.9. The summed E-state index contributed by atoms with van der Waals surface area (Å²) in [4.78, 5) is 55.2. The lowest BCUT2D eigenvalue weighted by atomic mass is 10.0. The number of likely N-dealkylation sites (N-methyl/N-ethyl adjacent to an activating group) is 1. The van der Waals surface area contributed by atoms with Crippen molar-refractivity contribution in [3.8, 4) is 0 Å². The molecule has 0 spiro atoms. The summed E-state index contributed by atoms with van der Waals surface area (Å²) in [5.74, 6) is -1.24. The van der Waals surface area contributed by atoms with E-state index in [2.05, 4.69) is 26.3 Å². The third-order valence-electron chi connectivity index (χ3n) is 8.32. The molecule has 3 amide bonds. The number of carbonyl (C=O) groups excluding carboxylic acids is 4. The van der Waals surface area contributed by atoms with Crippen molar-refractivity contribution in [2.24, 2.45) is 5.73 Å². The van der Waals surface area contributed by atoms with Crippen molar-refractivity contribution in [3.63, 3.8) is 0 Å². The molecule has 7 N–H and O–H groups in total. The molecule has 4 rings (SSSR count). The van der Waals surface area contributed by atoms with E-state index in [4.69, 9.17) is 10.5 Å². The summed E-state index contributed by atoms with van der Waals surface area (Å²) in [6.07, 6.45) is 4.73. The van der Waals surface area contributed by atoms with Crippen molar-refractivity contribution < 1.29 is 23.9 Å². The number of nitrogens with one attached hydrogen (secondary N) is 5. The number of carbonyl (C=O) groups is 4. The first kappa shape index (κ1) is 33.7. The van der Waals surface area contributed by atoms with Crippen molar-refractivity contribution in [1.29, 1.82) is 0 Å². The number of benzene rings is 2. The Morgan fingerprint density at radius 1 is 0.956 bits per heavy atom. The van der Waals surface area contributed by atoms with E-state index in [1.165, 1.54) is 0 Å². The second-order valence-electron chi connectivity index (χ2n) is 11.8. The van der Waals surface area contributed by atoms with E-state index in [0.717, 1.165) is 34.9 Å². The maximum atomic E-state index is 13.9. The SMILES string of the molecule is CN[C@H](CC(=O)N[C@H](Cc1c[nH]c2ccccc12)C(=O)N[C@@H](CCCCN)CC(=O)N[C@@H]1CC(=O)O[C@@H]1C)Cc1ccccc1. The number of unbranched alkanes of at least 4 members (excludes halogenated alkanes) is 1. The summed E-state index contributed by atoms with van der Waals surface area (Å²) in [5.41, 5.74) is 8.66. The molecule has 1 aliphatic rings. The fraction of sp³-hybridized carbons (Fsp3) is 0.471. The predicted molar refractivity (Wildman–Crippen MR) is 173 cm³/mol. The zero-order valence-electron chi connectivity index (χ0n) is 26.1. The molecule has 1 fully saturated rings. The maximum Gasteiger partial charge on any atom is 0.308 e. The Kier molecular flexibility index (Phi) is 12.5. The molecule has 0 bridgehead atoms. The van der Waals surface area contributed by atoms with Crippen LogP contribution in [0.25, 0.3) is 10.9 Å². The zero-order chi connectivity index (χ0) is 32.2. The fourth-order valence-electron chi connectivity index (χ4n) is 5.78. The third kappa shape index (κ3) is 10.2. The first-order valence-electron chi connectivity index (χ1n) is 15.8. The average molecular weight is 619 g/mol. The molecule has 0 unspecified atom stereocenters. The number of hydrogen-bond acceptors (Lipinski definition) is 7. The largest absolute Gasteiger partial charge is 0.460 e. The number of para-hydroxylation sites is 1. The van der Waals surface area contributed by atoms with Crippen LogP contribution in [0.5, 0.6) is 0 Å². The van der Waals surface area contributed by atoms with E-state index in [1.807, 2.05) is 67.8 Å². The van der Waals surface area contributed by atoms with E-state index >= 15 is 0 Å². The van der Waals surface area contributed by atoms with Crippen molar-refractivity contribution >= 4 is 34.6 Å². The van der Waals surface area contributed by atoms with Crippen molar-refractivity contribution in [2.45, 2.75) is 88.6 Å². The highest BCUT2D eigenvalue weighted by molar-refractivity contribution is 5.90. The van der Waals surface area contributed by atoms with Crippen LogP contribution in [-0.2, 0) is 36.8 Å². The van der Waals surface area contributed by atoms with Gasteiger partial charge in [-0.1, -0.05) is 55.0 Å². The van der Waals surface area contributed by atoms with E-state index in [0.29, 0.717) is 19.4 Å².